The fraction of sp³-hybridized carbons (Fsp3) is 0.364. The van der Waals surface area contributed by atoms with Gasteiger partial charge in [0.15, 0.2) is 0 Å². The number of hydrogen-bond acceptors (Lipinski definition) is 3. The number of carbonyl (C=O) groups is 1. The molecule has 0 saturated heterocycles. The molecule has 0 fully saturated rings. The number of aliphatic hydroxyl groups excluding tert-OH is 1. The lowest BCUT2D eigenvalue weighted by Crippen LogP contribution is -2.35. The highest BCUT2D eigenvalue weighted by atomic mass is 79.9. The van der Waals surface area contributed by atoms with Gasteiger partial charge in [-0.15, -0.1) is 0 Å². The van der Waals surface area contributed by atoms with Crippen LogP contribution in [-0.4, -0.2) is 17.4 Å². The van der Waals surface area contributed by atoms with Gasteiger partial charge in [0.25, 0.3) is 0 Å². The van der Waals surface area contributed by atoms with Crippen molar-refractivity contribution in [2.24, 2.45) is 0 Å². The number of nitrogens with one attached hydrogen (secondary N) is 1. The summed E-state index contributed by atoms with van der Waals surface area (Å²) in [6.45, 7) is 2.08. The quantitative estimate of drug-likeness (QED) is 0.816. The molecule has 1 aliphatic heterocycles. The van der Waals surface area contributed by atoms with Crippen molar-refractivity contribution in [2.45, 2.75) is 19.1 Å². The van der Waals surface area contributed by atoms with Crippen molar-refractivity contribution < 1.29 is 9.90 Å². The molecular weight excluding hydrogens is 258 g/mol. The lowest BCUT2D eigenvalue weighted by atomic mass is 9.87. The van der Waals surface area contributed by atoms with Crippen LogP contribution in [0.4, 0.5) is 0 Å². The Balaban J connectivity index is 2.51. The van der Waals surface area contributed by atoms with Gasteiger partial charge in [0.1, 0.15) is 12.0 Å². The molecule has 1 aromatic rings. The number of aliphatic hydroxyl groups is 1. The van der Waals surface area contributed by atoms with Crippen molar-refractivity contribution in [3.05, 3.63) is 33.8 Å². The van der Waals surface area contributed by atoms with E-state index in [4.69, 9.17) is 0 Å². The number of benzene rings is 1. The number of fused-ring (bicyclic) bond motifs is 1. The molecule has 0 saturated carbocycles. The molecule has 0 aliphatic carbocycles. The van der Waals surface area contributed by atoms with Gasteiger partial charge in [-0.05, 0) is 30.2 Å². The van der Waals surface area contributed by atoms with E-state index in [1.807, 2.05) is 18.2 Å². The maximum atomic E-state index is 11.4. The average Bonchev–Trinajstić information content (AvgIpc) is 2.17. The van der Waals surface area contributed by atoms with Crippen molar-refractivity contribution in [1.29, 1.82) is 0 Å². The minimum Gasteiger partial charge on any atom is -0.374 e. The molecule has 2 N–H and O–H groups in total. The summed E-state index contributed by atoms with van der Waals surface area (Å²) in [7, 11) is 0. The summed E-state index contributed by atoms with van der Waals surface area (Å²) in [5, 5.41) is 12.6. The number of halogens is 1. The van der Waals surface area contributed by atoms with Gasteiger partial charge < -0.3 is 5.11 Å². The van der Waals surface area contributed by atoms with Gasteiger partial charge in [-0.25, -0.2) is 0 Å². The first-order valence-corrected chi connectivity index (χ1v) is 5.60. The highest BCUT2D eigenvalue weighted by Gasteiger charge is 2.28. The Labute approximate surface area is 96.6 Å². The summed E-state index contributed by atoms with van der Waals surface area (Å²) in [5.74, 6) is -0.0327. The molecule has 2 unspecified atom stereocenters. The second-order valence-corrected chi connectivity index (χ2v) is 4.66. The van der Waals surface area contributed by atoms with Crippen molar-refractivity contribution in [3.63, 3.8) is 0 Å². The predicted molar refractivity (Wildman–Crippen MR) is 60.5 cm³/mol. The standard InChI is InChI=1S/C11H12BrNO2/c1-6(14)10-5-13-11(15)8-3-2-7(12)4-9(8)10/h2-4,10-11,13,15H,5H2,1H3. The van der Waals surface area contributed by atoms with Gasteiger partial charge in [0.2, 0.25) is 0 Å². The van der Waals surface area contributed by atoms with Crippen LogP contribution in [-0.2, 0) is 4.79 Å². The van der Waals surface area contributed by atoms with Gasteiger partial charge in [-0.1, -0.05) is 22.0 Å². The monoisotopic (exact) mass is 269 g/mol. The van der Waals surface area contributed by atoms with Crippen molar-refractivity contribution in [2.75, 3.05) is 6.54 Å². The second-order valence-electron chi connectivity index (χ2n) is 3.75. The second kappa shape index (κ2) is 4.04. The maximum Gasteiger partial charge on any atom is 0.138 e. The number of rotatable bonds is 1. The Hall–Kier alpha value is -0.710. The van der Waals surface area contributed by atoms with Crippen LogP contribution in [0.5, 0.6) is 0 Å². The van der Waals surface area contributed by atoms with Gasteiger partial charge >= 0.3 is 0 Å². The third kappa shape index (κ3) is 1.97. The average molecular weight is 270 g/mol. The minimum absolute atomic E-state index is 0.119. The van der Waals surface area contributed by atoms with Crippen LogP contribution in [0.25, 0.3) is 0 Å². The van der Waals surface area contributed by atoms with Crippen LogP contribution in [0.3, 0.4) is 0 Å². The van der Waals surface area contributed by atoms with E-state index in [1.165, 1.54) is 0 Å². The lowest BCUT2D eigenvalue weighted by Gasteiger charge is -2.28. The zero-order valence-corrected chi connectivity index (χ0v) is 9.91. The minimum atomic E-state index is -0.663. The molecule has 2 rings (SSSR count). The Morgan fingerprint density at radius 2 is 2.27 bits per heavy atom. The maximum absolute atomic E-state index is 11.4. The van der Waals surface area contributed by atoms with Gasteiger partial charge in [-0.2, -0.15) is 0 Å². The third-order valence-corrected chi connectivity index (χ3v) is 3.22. The predicted octanol–water partition coefficient (Wildman–Crippen LogP) is 1.72. The van der Waals surface area contributed by atoms with E-state index in [0.717, 1.165) is 15.6 Å². The molecule has 2 atom stereocenters. The summed E-state index contributed by atoms with van der Waals surface area (Å²) in [5.41, 5.74) is 1.72. The van der Waals surface area contributed by atoms with Crippen LogP contribution in [0, 0.1) is 0 Å². The molecule has 0 aromatic heterocycles. The number of carbonyl (C=O) groups excluding carboxylic acids is 1. The van der Waals surface area contributed by atoms with Crippen LogP contribution >= 0.6 is 15.9 Å². The first kappa shape index (κ1) is 10.8. The molecule has 4 heteroatoms. The highest BCUT2D eigenvalue weighted by molar-refractivity contribution is 9.10. The molecule has 0 bridgehead atoms. The van der Waals surface area contributed by atoms with Gasteiger partial charge in [0.05, 0.1) is 5.92 Å². The summed E-state index contributed by atoms with van der Waals surface area (Å²) in [4.78, 5) is 11.4. The normalized spacial score (nSPS) is 24.7. The van der Waals surface area contributed by atoms with Crippen molar-refractivity contribution in [1.82, 2.24) is 5.32 Å². The Morgan fingerprint density at radius 1 is 1.53 bits per heavy atom. The first-order chi connectivity index (χ1) is 7.09. The van der Waals surface area contributed by atoms with Crippen LogP contribution < -0.4 is 5.32 Å². The summed E-state index contributed by atoms with van der Waals surface area (Å²) >= 11 is 3.37. The van der Waals surface area contributed by atoms with Gasteiger partial charge in [-0.3, -0.25) is 10.1 Å². The molecule has 1 aliphatic rings. The topological polar surface area (TPSA) is 49.3 Å². The fourth-order valence-electron chi connectivity index (χ4n) is 1.91. The summed E-state index contributed by atoms with van der Waals surface area (Å²) < 4.78 is 0.932. The molecule has 1 heterocycles. The zero-order chi connectivity index (χ0) is 11.0. The molecule has 1 aromatic carbocycles. The van der Waals surface area contributed by atoms with E-state index < -0.39 is 6.23 Å². The number of hydrogen-bond donors (Lipinski definition) is 2. The molecule has 80 valence electrons. The van der Waals surface area contributed by atoms with E-state index in [9.17, 15) is 9.90 Å². The first-order valence-electron chi connectivity index (χ1n) is 4.81. The Kier molecular flexibility index (Phi) is 2.91. The zero-order valence-electron chi connectivity index (χ0n) is 8.33. The summed E-state index contributed by atoms with van der Waals surface area (Å²) in [6.07, 6.45) is -0.663. The fourth-order valence-corrected chi connectivity index (χ4v) is 2.29. The lowest BCUT2D eigenvalue weighted by molar-refractivity contribution is -0.118. The van der Waals surface area contributed by atoms with E-state index in [2.05, 4.69) is 21.2 Å². The van der Waals surface area contributed by atoms with Gasteiger partial charge in [0, 0.05) is 11.0 Å². The van der Waals surface area contributed by atoms with E-state index in [0.29, 0.717) is 6.54 Å². The van der Waals surface area contributed by atoms with E-state index >= 15 is 0 Å². The molecule has 15 heavy (non-hydrogen) atoms. The van der Waals surface area contributed by atoms with E-state index in [-0.39, 0.29) is 11.7 Å². The van der Waals surface area contributed by atoms with Crippen LogP contribution in [0.15, 0.2) is 22.7 Å². The molecule has 0 radical (unpaired) electrons. The Bertz CT molecular complexity index is 406. The van der Waals surface area contributed by atoms with Crippen molar-refractivity contribution >= 4 is 21.7 Å². The largest absolute Gasteiger partial charge is 0.374 e. The van der Waals surface area contributed by atoms with Crippen LogP contribution in [0.1, 0.15) is 30.2 Å². The third-order valence-electron chi connectivity index (χ3n) is 2.72. The SMILES string of the molecule is CC(=O)C1CNC(O)c2ccc(Br)cc21. The molecule has 3 nitrogen and oxygen atoms in total. The smallest absolute Gasteiger partial charge is 0.138 e. The van der Waals surface area contributed by atoms with Crippen LogP contribution in [0.2, 0.25) is 0 Å². The van der Waals surface area contributed by atoms with E-state index in [1.54, 1.807) is 6.92 Å². The highest BCUT2D eigenvalue weighted by Crippen LogP contribution is 2.31. The molecule has 0 amide bonds. The summed E-state index contributed by atoms with van der Waals surface area (Å²) in [6, 6.07) is 5.61. The Morgan fingerprint density at radius 3 is 2.93 bits per heavy atom. The number of ketones is 1. The molecule has 0 spiro atoms. The number of Topliss-reactive ketones (excluding diaryl/α,β-unsaturated/α-hetero) is 1. The molecular formula is C11H12BrNO2. The van der Waals surface area contributed by atoms with Crippen molar-refractivity contribution in [3.8, 4) is 0 Å².